The fraction of sp³-hybridized carbons (Fsp3) is 0.500. The maximum absolute atomic E-state index is 12.6. The second kappa shape index (κ2) is 7.11. The molecule has 0 saturated carbocycles. The second-order valence-electron chi connectivity index (χ2n) is 5.74. The molecule has 1 saturated heterocycles. The van der Waals surface area contributed by atoms with E-state index in [0.29, 0.717) is 26.2 Å². The summed E-state index contributed by atoms with van der Waals surface area (Å²) >= 11 is 0. The molecule has 6 heteroatoms. The molecule has 0 bridgehead atoms. The summed E-state index contributed by atoms with van der Waals surface area (Å²) in [6.45, 7) is 4.89. The van der Waals surface area contributed by atoms with Crippen LogP contribution < -0.4 is 5.32 Å². The molecular formula is C16H22ClN3O2. The van der Waals surface area contributed by atoms with Crippen LogP contribution in [0.15, 0.2) is 24.3 Å². The van der Waals surface area contributed by atoms with Crippen LogP contribution in [0.4, 0.5) is 0 Å². The van der Waals surface area contributed by atoms with Crippen LogP contribution in [0.3, 0.4) is 0 Å². The van der Waals surface area contributed by atoms with Gasteiger partial charge >= 0.3 is 0 Å². The van der Waals surface area contributed by atoms with E-state index >= 15 is 0 Å². The molecule has 2 aliphatic rings. The maximum Gasteiger partial charge on any atom is 0.240 e. The van der Waals surface area contributed by atoms with E-state index < -0.39 is 0 Å². The Balaban J connectivity index is 0.00000176. The van der Waals surface area contributed by atoms with Crippen LogP contribution in [0.1, 0.15) is 18.1 Å². The minimum Gasteiger partial charge on any atom is -0.339 e. The molecule has 2 amide bonds. The van der Waals surface area contributed by atoms with Crippen LogP contribution in [-0.4, -0.2) is 53.8 Å². The van der Waals surface area contributed by atoms with Gasteiger partial charge in [-0.1, -0.05) is 24.3 Å². The molecule has 1 atom stereocenters. The Bertz CT molecular complexity index is 556. The van der Waals surface area contributed by atoms with Gasteiger partial charge in [-0.05, 0) is 17.5 Å². The lowest BCUT2D eigenvalue weighted by Crippen LogP contribution is -2.56. The van der Waals surface area contributed by atoms with Crippen molar-refractivity contribution in [3.8, 4) is 0 Å². The lowest BCUT2D eigenvalue weighted by molar-refractivity contribution is -0.140. The number of rotatable bonds is 1. The molecule has 22 heavy (non-hydrogen) atoms. The van der Waals surface area contributed by atoms with Crippen molar-refractivity contribution in [2.75, 3.05) is 26.2 Å². The lowest BCUT2D eigenvalue weighted by atomic mass is 9.95. The fourth-order valence-electron chi connectivity index (χ4n) is 3.09. The fourth-order valence-corrected chi connectivity index (χ4v) is 3.09. The Kier molecular flexibility index (Phi) is 5.42. The van der Waals surface area contributed by atoms with Crippen molar-refractivity contribution in [3.63, 3.8) is 0 Å². The molecule has 2 aliphatic heterocycles. The van der Waals surface area contributed by atoms with E-state index in [0.717, 1.165) is 13.0 Å². The zero-order valence-electron chi connectivity index (χ0n) is 12.7. The molecule has 1 aromatic rings. The van der Waals surface area contributed by atoms with Crippen LogP contribution in [0.2, 0.25) is 0 Å². The summed E-state index contributed by atoms with van der Waals surface area (Å²) in [5.41, 5.74) is 2.54. The Labute approximate surface area is 137 Å². The van der Waals surface area contributed by atoms with E-state index in [1.807, 2.05) is 17.0 Å². The van der Waals surface area contributed by atoms with Crippen LogP contribution in [0.25, 0.3) is 0 Å². The Morgan fingerprint density at radius 1 is 1.05 bits per heavy atom. The summed E-state index contributed by atoms with van der Waals surface area (Å²) in [4.78, 5) is 27.6. The average Bonchev–Trinajstić information content (AvgIpc) is 2.54. The van der Waals surface area contributed by atoms with Gasteiger partial charge in [-0.15, -0.1) is 12.4 Å². The minimum atomic E-state index is -0.135. The van der Waals surface area contributed by atoms with E-state index in [1.54, 1.807) is 11.8 Å². The third-order valence-electron chi connectivity index (χ3n) is 4.42. The van der Waals surface area contributed by atoms with Gasteiger partial charge in [-0.25, -0.2) is 0 Å². The number of amides is 2. The SMILES string of the molecule is CC(=O)N1CCN(C(=O)C2Cc3ccccc3CN2)CC1.Cl. The number of halogens is 1. The largest absolute Gasteiger partial charge is 0.339 e. The van der Waals surface area contributed by atoms with Crippen LogP contribution in [0, 0.1) is 0 Å². The lowest BCUT2D eigenvalue weighted by Gasteiger charge is -2.37. The van der Waals surface area contributed by atoms with Crippen molar-refractivity contribution in [1.29, 1.82) is 0 Å². The third kappa shape index (κ3) is 3.42. The van der Waals surface area contributed by atoms with E-state index in [1.165, 1.54) is 11.1 Å². The van der Waals surface area contributed by atoms with E-state index in [4.69, 9.17) is 0 Å². The third-order valence-corrected chi connectivity index (χ3v) is 4.42. The number of hydrogen-bond donors (Lipinski definition) is 1. The molecule has 5 nitrogen and oxygen atoms in total. The van der Waals surface area contributed by atoms with Gasteiger partial charge in [0.25, 0.3) is 0 Å². The zero-order valence-corrected chi connectivity index (χ0v) is 13.6. The van der Waals surface area contributed by atoms with Crippen molar-refractivity contribution in [1.82, 2.24) is 15.1 Å². The summed E-state index contributed by atoms with van der Waals surface area (Å²) < 4.78 is 0. The number of benzene rings is 1. The van der Waals surface area contributed by atoms with Crippen molar-refractivity contribution in [2.45, 2.75) is 25.9 Å². The number of nitrogens with one attached hydrogen (secondary N) is 1. The van der Waals surface area contributed by atoms with Gasteiger partial charge in [0, 0.05) is 39.6 Å². The van der Waals surface area contributed by atoms with Crippen LogP contribution in [-0.2, 0) is 22.6 Å². The smallest absolute Gasteiger partial charge is 0.240 e. The summed E-state index contributed by atoms with van der Waals surface area (Å²) in [6, 6.07) is 8.13. The number of carbonyl (C=O) groups excluding carboxylic acids is 2. The average molecular weight is 324 g/mol. The number of nitrogens with zero attached hydrogens (tertiary/aromatic N) is 2. The second-order valence-corrected chi connectivity index (χ2v) is 5.74. The molecule has 120 valence electrons. The number of carbonyl (C=O) groups is 2. The molecule has 3 rings (SSSR count). The van der Waals surface area contributed by atoms with Gasteiger partial charge in [-0.3, -0.25) is 9.59 Å². The van der Waals surface area contributed by atoms with Crippen molar-refractivity contribution in [2.24, 2.45) is 0 Å². The summed E-state index contributed by atoms with van der Waals surface area (Å²) in [5.74, 6) is 0.250. The first-order chi connectivity index (χ1) is 10.1. The molecule has 2 heterocycles. The first-order valence-corrected chi connectivity index (χ1v) is 7.49. The number of hydrogen-bond acceptors (Lipinski definition) is 3. The van der Waals surface area contributed by atoms with Gasteiger partial charge in [0.15, 0.2) is 0 Å². The quantitative estimate of drug-likeness (QED) is 0.832. The highest BCUT2D eigenvalue weighted by Gasteiger charge is 2.30. The molecular weight excluding hydrogens is 302 g/mol. The molecule has 1 N–H and O–H groups in total. The van der Waals surface area contributed by atoms with E-state index in [2.05, 4.69) is 17.4 Å². The monoisotopic (exact) mass is 323 g/mol. The van der Waals surface area contributed by atoms with Crippen molar-refractivity contribution < 1.29 is 9.59 Å². The molecule has 0 aromatic heterocycles. The predicted octanol–water partition coefficient (Wildman–Crippen LogP) is 0.813. The Morgan fingerprint density at radius 3 is 2.27 bits per heavy atom. The van der Waals surface area contributed by atoms with Crippen LogP contribution in [0.5, 0.6) is 0 Å². The van der Waals surface area contributed by atoms with Crippen molar-refractivity contribution in [3.05, 3.63) is 35.4 Å². The maximum atomic E-state index is 12.6. The topological polar surface area (TPSA) is 52.7 Å². The number of fused-ring (bicyclic) bond motifs is 1. The van der Waals surface area contributed by atoms with E-state index in [-0.39, 0.29) is 30.3 Å². The molecule has 1 fully saturated rings. The molecule has 0 spiro atoms. The highest BCUT2D eigenvalue weighted by molar-refractivity contribution is 5.85. The summed E-state index contributed by atoms with van der Waals surface area (Å²) in [7, 11) is 0. The van der Waals surface area contributed by atoms with Gasteiger partial charge in [0.2, 0.25) is 11.8 Å². The van der Waals surface area contributed by atoms with Gasteiger partial charge in [0.05, 0.1) is 6.04 Å². The van der Waals surface area contributed by atoms with Gasteiger partial charge in [0.1, 0.15) is 0 Å². The molecule has 1 unspecified atom stereocenters. The molecule has 1 aromatic carbocycles. The predicted molar refractivity (Wildman–Crippen MR) is 86.9 cm³/mol. The number of piperazine rings is 1. The van der Waals surface area contributed by atoms with Gasteiger partial charge < -0.3 is 15.1 Å². The summed E-state index contributed by atoms with van der Waals surface area (Å²) in [5, 5.41) is 3.33. The zero-order chi connectivity index (χ0) is 14.8. The molecule has 0 radical (unpaired) electrons. The van der Waals surface area contributed by atoms with Crippen molar-refractivity contribution >= 4 is 24.2 Å². The highest BCUT2D eigenvalue weighted by atomic mass is 35.5. The Morgan fingerprint density at radius 2 is 1.64 bits per heavy atom. The Hall–Kier alpha value is -1.59. The normalized spacial score (nSPS) is 20.9. The standard InChI is InChI=1S/C16H21N3O2.ClH/c1-12(20)18-6-8-19(9-7-18)16(21)15-10-13-4-2-3-5-14(13)11-17-15;/h2-5,15,17H,6-11H2,1H3;1H. The summed E-state index contributed by atoms with van der Waals surface area (Å²) in [6.07, 6.45) is 0.752. The van der Waals surface area contributed by atoms with Gasteiger partial charge in [-0.2, -0.15) is 0 Å². The van der Waals surface area contributed by atoms with E-state index in [9.17, 15) is 9.59 Å². The molecule has 0 aliphatic carbocycles. The first-order valence-electron chi connectivity index (χ1n) is 7.49. The highest BCUT2D eigenvalue weighted by Crippen LogP contribution is 2.18. The first kappa shape index (κ1) is 16.8. The van der Waals surface area contributed by atoms with Crippen LogP contribution >= 0.6 is 12.4 Å². The minimum absolute atomic E-state index is 0.